The number of carbonyl (C=O) groups excluding carboxylic acids is 2. The van der Waals surface area contributed by atoms with Gasteiger partial charge in [-0.3, -0.25) is 14.8 Å². The number of nitrogens with one attached hydrogen (secondary N) is 2. The molecule has 0 unspecified atom stereocenters. The number of likely N-dealkylation sites (N-methyl/N-ethyl adjacent to an activating group) is 1. The number of sulfone groups is 1. The second kappa shape index (κ2) is 8.89. The molecule has 2 aliphatic rings. The Balaban J connectivity index is 1.44. The number of likely N-dealkylation sites (tertiary alicyclic amines) is 1. The summed E-state index contributed by atoms with van der Waals surface area (Å²) < 4.78 is 24.6. The van der Waals surface area contributed by atoms with Gasteiger partial charge in [0.15, 0.2) is 9.84 Å². The lowest BCUT2D eigenvalue weighted by atomic mass is 10.0. The fourth-order valence-corrected chi connectivity index (χ4v) is 5.82. The highest BCUT2D eigenvalue weighted by atomic mass is 32.2. The number of fused-ring (bicyclic) bond motifs is 1. The summed E-state index contributed by atoms with van der Waals surface area (Å²) in [6, 6.07) is 13.7. The molecule has 2 amide bonds. The molecule has 0 saturated carbocycles. The first-order chi connectivity index (χ1) is 15.3. The van der Waals surface area contributed by atoms with Gasteiger partial charge in [0, 0.05) is 31.7 Å². The molecule has 0 bridgehead atoms. The molecule has 2 aliphatic heterocycles. The van der Waals surface area contributed by atoms with Crippen molar-refractivity contribution in [2.75, 3.05) is 37.3 Å². The van der Waals surface area contributed by atoms with Crippen LogP contribution in [0.5, 0.6) is 0 Å². The number of anilines is 1. The lowest BCUT2D eigenvalue weighted by molar-refractivity contribution is -0.133. The third kappa shape index (κ3) is 4.47. The van der Waals surface area contributed by atoms with E-state index in [2.05, 4.69) is 5.32 Å². The van der Waals surface area contributed by atoms with E-state index in [1.54, 1.807) is 29.7 Å². The summed E-state index contributed by atoms with van der Waals surface area (Å²) in [5.74, 6) is -1.26. The van der Waals surface area contributed by atoms with Gasteiger partial charge < -0.3 is 15.1 Å². The van der Waals surface area contributed by atoms with Gasteiger partial charge in [-0.25, -0.2) is 13.9 Å². The molecular weight excluding hydrogens is 432 g/mol. The zero-order valence-corrected chi connectivity index (χ0v) is 18.5. The second-order valence-electron chi connectivity index (χ2n) is 8.29. The van der Waals surface area contributed by atoms with Gasteiger partial charge in [-0.1, -0.05) is 24.3 Å². The molecule has 170 valence electrons. The summed E-state index contributed by atoms with van der Waals surface area (Å²) in [4.78, 5) is 28.9. The Bertz CT molecular complexity index is 1120. The van der Waals surface area contributed by atoms with E-state index >= 15 is 0 Å². The minimum Gasteiger partial charge on any atom is -0.365 e. The van der Waals surface area contributed by atoms with E-state index in [1.807, 2.05) is 41.1 Å². The third-order valence-corrected chi connectivity index (χ3v) is 7.76. The Morgan fingerprint density at radius 3 is 2.53 bits per heavy atom. The van der Waals surface area contributed by atoms with Crippen LogP contribution in [0.4, 0.5) is 5.69 Å². The van der Waals surface area contributed by atoms with Crippen LogP contribution in [-0.2, 0) is 21.2 Å². The van der Waals surface area contributed by atoms with Crippen molar-refractivity contribution in [3.05, 3.63) is 59.7 Å². The zero-order valence-electron chi connectivity index (χ0n) is 17.7. The molecule has 3 N–H and O–H groups in total. The van der Waals surface area contributed by atoms with Crippen molar-refractivity contribution in [1.82, 2.24) is 15.7 Å². The Morgan fingerprint density at radius 2 is 1.81 bits per heavy atom. The molecule has 1 saturated heterocycles. The Kier molecular flexibility index (Phi) is 6.18. The molecular formula is C22H26N4O5S. The van der Waals surface area contributed by atoms with Crippen molar-refractivity contribution >= 4 is 27.3 Å². The van der Waals surface area contributed by atoms with Crippen LogP contribution < -0.4 is 15.7 Å². The minimum absolute atomic E-state index is 0.0723. The van der Waals surface area contributed by atoms with Crippen LogP contribution in [0.3, 0.4) is 0 Å². The van der Waals surface area contributed by atoms with Gasteiger partial charge in [-0.2, -0.15) is 0 Å². The molecule has 2 heterocycles. The van der Waals surface area contributed by atoms with Crippen molar-refractivity contribution in [3.8, 4) is 0 Å². The third-order valence-electron chi connectivity index (χ3n) is 6.03. The van der Waals surface area contributed by atoms with E-state index in [1.165, 1.54) is 0 Å². The summed E-state index contributed by atoms with van der Waals surface area (Å²) in [6.45, 7) is 1.90. The topological polar surface area (TPSA) is 119 Å². The molecule has 2 aromatic carbocycles. The van der Waals surface area contributed by atoms with Gasteiger partial charge in [-0.15, -0.1) is 0 Å². The first-order valence-electron chi connectivity index (χ1n) is 10.4. The van der Waals surface area contributed by atoms with Crippen LogP contribution in [0.15, 0.2) is 53.4 Å². The normalized spacial score (nSPS) is 22.2. The van der Waals surface area contributed by atoms with E-state index in [9.17, 15) is 18.0 Å². The first-order valence-corrected chi connectivity index (χ1v) is 12.0. The van der Waals surface area contributed by atoms with Crippen molar-refractivity contribution in [2.45, 2.75) is 17.5 Å². The smallest absolute Gasteiger partial charge is 0.251 e. The van der Waals surface area contributed by atoms with Crippen molar-refractivity contribution in [1.29, 1.82) is 0 Å². The fraction of sp³-hybridized carbons (Fsp3) is 0.364. The van der Waals surface area contributed by atoms with Crippen molar-refractivity contribution in [2.24, 2.45) is 5.92 Å². The highest BCUT2D eigenvalue weighted by molar-refractivity contribution is 7.91. The van der Waals surface area contributed by atoms with Crippen LogP contribution in [0.25, 0.3) is 0 Å². The average Bonchev–Trinajstić information content (AvgIpc) is 3.15. The summed E-state index contributed by atoms with van der Waals surface area (Å²) in [5, 5.41) is 11.8. The number of para-hydroxylation sites is 1. The molecule has 32 heavy (non-hydrogen) atoms. The van der Waals surface area contributed by atoms with Gasteiger partial charge in [0.05, 0.1) is 28.3 Å². The first kappa shape index (κ1) is 22.3. The van der Waals surface area contributed by atoms with Gasteiger partial charge >= 0.3 is 0 Å². The van der Waals surface area contributed by atoms with Crippen molar-refractivity contribution < 1.29 is 23.2 Å². The molecule has 0 spiro atoms. The molecule has 0 radical (unpaired) electrons. The highest BCUT2D eigenvalue weighted by Crippen LogP contribution is 2.31. The predicted molar refractivity (Wildman–Crippen MR) is 118 cm³/mol. The Morgan fingerprint density at radius 1 is 1.09 bits per heavy atom. The molecule has 2 atom stereocenters. The number of amides is 2. The zero-order chi connectivity index (χ0) is 22.9. The SMILES string of the molecule is CN1C[C@H](C(=O)NO)[C@H](NC(=O)c2ccc(CN3CCS(=O)(=O)c4ccccc43)cc2)C1. The van der Waals surface area contributed by atoms with Crippen LogP contribution >= 0.6 is 0 Å². The van der Waals surface area contributed by atoms with Gasteiger partial charge in [0.25, 0.3) is 5.91 Å². The van der Waals surface area contributed by atoms with Crippen LogP contribution in [0.2, 0.25) is 0 Å². The second-order valence-corrected chi connectivity index (χ2v) is 10.4. The van der Waals surface area contributed by atoms with E-state index in [4.69, 9.17) is 5.21 Å². The van der Waals surface area contributed by atoms with Crippen molar-refractivity contribution in [3.63, 3.8) is 0 Å². The van der Waals surface area contributed by atoms with E-state index in [0.717, 1.165) is 5.56 Å². The molecule has 0 aromatic heterocycles. The molecule has 1 fully saturated rings. The summed E-state index contributed by atoms with van der Waals surface area (Å²) >= 11 is 0. The summed E-state index contributed by atoms with van der Waals surface area (Å²) in [7, 11) is -1.41. The molecule has 9 nitrogen and oxygen atoms in total. The van der Waals surface area contributed by atoms with Crippen LogP contribution in [-0.4, -0.2) is 68.8 Å². The standard InChI is InChI=1S/C22H26N4O5S/c1-25-13-17(22(28)24-29)18(14-25)23-21(27)16-8-6-15(7-9-16)12-26-10-11-32(30,31)20-5-3-2-4-19(20)26/h2-9,17-18,29H,10-14H2,1H3,(H,23,27)(H,24,28)/t17-,18+/m0/s1. The largest absolute Gasteiger partial charge is 0.365 e. The molecule has 2 aromatic rings. The predicted octanol–water partition coefficient (Wildman–Crippen LogP) is 0.646. The number of benzene rings is 2. The lowest BCUT2D eigenvalue weighted by Gasteiger charge is -2.31. The quantitative estimate of drug-likeness (QED) is 0.445. The van der Waals surface area contributed by atoms with E-state index < -0.39 is 27.7 Å². The summed E-state index contributed by atoms with van der Waals surface area (Å²) in [5.41, 5.74) is 3.78. The highest BCUT2D eigenvalue weighted by Gasteiger charge is 2.37. The maximum Gasteiger partial charge on any atom is 0.251 e. The Labute approximate surface area is 186 Å². The average molecular weight is 459 g/mol. The van der Waals surface area contributed by atoms with E-state index in [0.29, 0.717) is 42.3 Å². The van der Waals surface area contributed by atoms with Crippen LogP contribution in [0, 0.1) is 5.92 Å². The molecule has 10 heteroatoms. The number of carbonyl (C=O) groups is 2. The van der Waals surface area contributed by atoms with E-state index in [-0.39, 0.29) is 11.7 Å². The van der Waals surface area contributed by atoms with Gasteiger partial charge in [0.1, 0.15) is 0 Å². The fourth-order valence-electron chi connectivity index (χ4n) is 4.34. The number of rotatable bonds is 5. The van der Waals surface area contributed by atoms with Crippen LogP contribution in [0.1, 0.15) is 15.9 Å². The maximum absolute atomic E-state index is 12.7. The van der Waals surface area contributed by atoms with Gasteiger partial charge in [-0.05, 0) is 36.9 Å². The number of nitrogens with zero attached hydrogens (tertiary/aromatic N) is 2. The monoisotopic (exact) mass is 458 g/mol. The lowest BCUT2D eigenvalue weighted by Crippen LogP contribution is -2.45. The van der Waals surface area contributed by atoms with Gasteiger partial charge in [0.2, 0.25) is 5.91 Å². The molecule has 4 rings (SSSR count). The minimum atomic E-state index is -3.26. The Hall–Kier alpha value is -2.95. The number of hydrogen-bond acceptors (Lipinski definition) is 7. The number of hydrogen-bond donors (Lipinski definition) is 3. The number of hydroxylamine groups is 1. The maximum atomic E-state index is 12.7. The molecule has 0 aliphatic carbocycles. The summed E-state index contributed by atoms with van der Waals surface area (Å²) in [6.07, 6.45) is 0.